The van der Waals surface area contributed by atoms with Gasteiger partial charge in [-0.05, 0) is 82.7 Å². The molecule has 0 saturated carbocycles. The van der Waals surface area contributed by atoms with Gasteiger partial charge in [-0.15, -0.1) is 36.0 Å². The number of hydrogen-bond acceptors (Lipinski definition) is 5. The second-order valence-corrected chi connectivity index (χ2v) is 12.1. The van der Waals surface area contributed by atoms with Crippen LogP contribution >= 0.6 is 0 Å². The average Bonchev–Trinajstić information content (AvgIpc) is 3.62. The second kappa shape index (κ2) is 13.0. The molecule has 0 amide bonds. The van der Waals surface area contributed by atoms with Crippen LogP contribution in [0.1, 0.15) is 76.0 Å². The fourth-order valence-electron chi connectivity index (χ4n) is 5.50. The Hall–Kier alpha value is -3.89. The van der Waals surface area contributed by atoms with Crippen LogP contribution in [0, 0.1) is 18.8 Å². The van der Waals surface area contributed by atoms with E-state index >= 15 is 0 Å². The van der Waals surface area contributed by atoms with E-state index in [1.807, 2.05) is 83.3 Å². The number of rotatable bonds is 8. The molecule has 230 valence electrons. The maximum Gasteiger partial charge on any atom is 0.152 e. The average molecular weight is 764 g/mol. The Morgan fingerprint density at radius 1 is 0.818 bits per heavy atom. The van der Waals surface area contributed by atoms with E-state index in [9.17, 15) is 0 Å². The Bertz CT molecular complexity index is 1780. The minimum absolute atomic E-state index is 0. The summed E-state index contributed by atoms with van der Waals surface area (Å²) in [6, 6.07) is 25.6. The molecule has 0 N–H and O–H groups in total. The van der Waals surface area contributed by atoms with Gasteiger partial charge in [-0.3, -0.25) is 0 Å². The fourth-order valence-corrected chi connectivity index (χ4v) is 5.50. The van der Waals surface area contributed by atoms with Crippen molar-refractivity contribution in [2.75, 3.05) is 11.9 Å². The molecule has 0 bridgehead atoms. The number of anilines is 1. The van der Waals surface area contributed by atoms with E-state index in [1.54, 1.807) is 0 Å². The topological polar surface area (TPSA) is 46.4 Å². The SMILES string of the molecule is CC(C)c1cc(C(C)C)c(-c2ccnc(-n3ncc4ccc(Oc5[c-]c(N6C=CN(C)[CH-]6)ccc5)[c-]c43)c2)c(C(C)C)c1.[Pt]. The normalized spacial score (nSPS) is 13.0. The quantitative estimate of drug-likeness (QED) is 0.148. The zero-order valence-corrected chi connectivity index (χ0v) is 28.5. The smallest absolute Gasteiger partial charge is 0.152 e. The Kier molecular flexibility index (Phi) is 9.31. The van der Waals surface area contributed by atoms with Gasteiger partial charge >= 0.3 is 0 Å². The zero-order chi connectivity index (χ0) is 30.2. The van der Waals surface area contributed by atoms with Gasteiger partial charge in [0.2, 0.25) is 0 Å². The molecule has 0 unspecified atom stereocenters. The van der Waals surface area contributed by atoms with Crippen molar-refractivity contribution in [3.8, 4) is 28.4 Å². The number of nitrogens with zero attached hydrogens (tertiary/aromatic N) is 5. The third-order valence-corrected chi connectivity index (χ3v) is 7.86. The van der Waals surface area contributed by atoms with Crippen LogP contribution in [0.5, 0.6) is 11.5 Å². The molecule has 1 aliphatic rings. The van der Waals surface area contributed by atoms with Gasteiger partial charge in [0.1, 0.15) is 0 Å². The molecular weight excluding hydrogens is 726 g/mol. The standard InChI is InChI=1S/C37H38N5O.Pt/c1-24(2)29-17-33(25(3)4)37(34(18-29)26(5)6)27-13-14-38-36(19-27)42-35-21-32(12-11-28(35)22-39-42)43-31-10-8-9-30(20-31)41-16-15-40(7)23-41;/h8-19,22-26H,1-7H3;/q-3;. The fraction of sp³-hybridized carbons (Fsp3) is 0.270. The van der Waals surface area contributed by atoms with Gasteiger partial charge in [0.15, 0.2) is 5.82 Å². The van der Waals surface area contributed by atoms with Gasteiger partial charge in [0.25, 0.3) is 0 Å². The van der Waals surface area contributed by atoms with Gasteiger partial charge in [0.05, 0.1) is 0 Å². The van der Waals surface area contributed by atoms with Crippen LogP contribution in [-0.4, -0.2) is 26.7 Å². The molecule has 7 heteroatoms. The largest absolute Gasteiger partial charge is 0.510 e. The van der Waals surface area contributed by atoms with Crippen molar-refractivity contribution in [1.29, 1.82) is 0 Å². The van der Waals surface area contributed by atoms with Crippen molar-refractivity contribution in [1.82, 2.24) is 19.7 Å². The van der Waals surface area contributed by atoms with E-state index in [4.69, 9.17) is 14.8 Å². The van der Waals surface area contributed by atoms with Crippen molar-refractivity contribution in [3.05, 3.63) is 115 Å². The summed E-state index contributed by atoms with van der Waals surface area (Å²) in [5.74, 6) is 3.19. The van der Waals surface area contributed by atoms with Crippen LogP contribution in [0.3, 0.4) is 0 Å². The van der Waals surface area contributed by atoms with Gasteiger partial charge in [-0.25, -0.2) is 9.67 Å². The molecule has 0 aliphatic carbocycles. The number of pyridine rings is 1. The molecule has 1 aliphatic heterocycles. The van der Waals surface area contributed by atoms with Crippen LogP contribution in [0.2, 0.25) is 0 Å². The first kappa shape index (κ1) is 31.5. The van der Waals surface area contributed by atoms with Gasteiger partial charge in [0, 0.05) is 45.0 Å². The minimum atomic E-state index is 0. The summed E-state index contributed by atoms with van der Waals surface area (Å²) < 4.78 is 8.08. The molecule has 0 radical (unpaired) electrons. The molecule has 6 rings (SSSR count). The van der Waals surface area contributed by atoms with Crippen LogP contribution in [-0.2, 0) is 21.1 Å². The van der Waals surface area contributed by atoms with Gasteiger partial charge < -0.3 is 14.5 Å². The summed E-state index contributed by atoms with van der Waals surface area (Å²) in [6.45, 7) is 15.6. The summed E-state index contributed by atoms with van der Waals surface area (Å²) in [4.78, 5) is 8.73. The third-order valence-electron chi connectivity index (χ3n) is 7.86. The zero-order valence-electron chi connectivity index (χ0n) is 26.3. The first-order valence-electron chi connectivity index (χ1n) is 15.0. The van der Waals surface area contributed by atoms with Crippen molar-refractivity contribution in [2.24, 2.45) is 0 Å². The Balaban J connectivity index is 0.00000384. The van der Waals surface area contributed by atoms with Crippen molar-refractivity contribution in [2.45, 2.75) is 59.3 Å². The summed E-state index contributed by atoms with van der Waals surface area (Å²) in [7, 11) is 1.99. The van der Waals surface area contributed by atoms with Crippen LogP contribution < -0.4 is 9.64 Å². The molecule has 0 fully saturated rings. The van der Waals surface area contributed by atoms with E-state index in [0.717, 1.165) is 28.0 Å². The van der Waals surface area contributed by atoms with E-state index in [2.05, 4.69) is 77.9 Å². The van der Waals surface area contributed by atoms with Crippen LogP contribution in [0.15, 0.2) is 79.4 Å². The first-order valence-corrected chi connectivity index (χ1v) is 15.0. The number of fused-ring (bicyclic) bond motifs is 1. The van der Waals surface area contributed by atoms with E-state index in [0.29, 0.717) is 29.3 Å². The molecule has 44 heavy (non-hydrogen) atoms. The molecular formula is C37H38N5OPt-3. The van der Waals surface area contributed by atoms with Gasteiger partial charge in [-0.1, -0.05) is 59.1 Å². The molecule has 6 nitrogen and oxygen atoms in total. The molecule has 2 aromatic heterocycles. The second-order valence-electron chi connectivity index (χ2n) is 12.1. The Labute approximate surface area is 275 Å². The molecule has 3 aromatic carbocycles. The monoisotopic (exact) mass is 763 g/mol. The Morgan fingerprint density at radius 2 is 1.55 bits per heavy atom. The van der Waals surface area contributed by atoms with E-state index in [-0.39, 0.29) is 21.1 Å². The van der Waals surface area contributed by atoms with E-state index in [1.165, 1.54) is 22.3 Å². The number of hydrogen-bond donors (Lipinski definition) is 0. The molecule has 3 heterocycles. The number of benzene rings is 3. The summed E-state index contributed by atoms with van der Waals surface area (Å²) in [6.07, 6.45) is 7.70. The van der Waals surface area contributed by atoms with Crippen molar-refractivity contribution in [3.63, 3.8) is 0 Å². The summed E-state index contributed by atoms with van der Waals surface area (Å²) >= 11 is 0. The number of ether oxygens (including phenoxy) is 1. The van der Waals surface area contributed by atoms with Gasteiger partial charge in [-0.2, -0.15) is 23.9 Å². The van der Waals surface area contributed by atoms with E-state index < -0.39 is 0 Å². The molecule has 0 spiro atoms. The summed E-state index contributed by atoms with van der Waals surface area (Å²) in [5.41, 5.74) is 8.27. The summed E-state index contributed by atoms with van der Waals surface area (Å²) in [5, 5.41) is 5.67. The Morgan fingerprint density at radius 3 is 2.20 bits per heavy atom. The van der Waals surface area contributed by atoms with Crippen LogP contribution in [0.4, 0.5) is 5.69 Å². The number of aromatic nitrogens is 3. The maximum absolute atomic E-state index is 6.23. The molecule has 0 saturated heterocycles. The molecule has 5 aromatic rings. The van der Waals surface area contributed by atoms with Crippen molar-refractivity contribution < 1.29 is 25.8 Å². The van der Waals surface area contributed by atoms with Crippen molar-refractivity contribution >= 4 is 16.6 Å². The maximum atomic E-state index is 6.23. The molecule has 0 atom stereocenters. The predicted octanol–water partition coefficient (Wildman–Crippen LogP) is 9.19. The predicted molar refractivity (Wildman–Crippen MR) is 174 cm³/mol. The third kappa shape index (κ3) is 6.32. The van der Waals surface area contributed by atoms with Crippen LogP contribution in [0.25, 0.3) is 27.8 Å². The first-order chi connectivity index (χ1) is 20.7. The minimum Gasteiger partial charge on any atom is -0.510 e.